The first kappa shape index (κ1) is 21.7. The Kier molecular flexibility index (Phi) is 8.29. The highest BCUT2D eigenvalue weighted by Crippen LogP contribution is 2.20. The van der Waals surface area contributed by atoms with Gasteiger partial charge in [0.05, 0.1) is 13.2 Å². The van der Waals surface area contributed by atoms with Gasteiger partial charge < -0.3 is 14.8 Å². The highest BCUT2D eigenvalue weighted by atomic mass is 16.6. The lowest BCUT2D eigenvalue weighted by Gasteiger charge is -2.27. The van der Waals surface area contributed by atoms with Crippen LogP contribution in [-0.2, 0) is 14.3 Å². The number of benzene rings is 1. The summed E-state index contributed by atoms with van der Waals surface area (Å²) in [6.45, 7) is 7.25. The molecule has 144 valence electrons. The molecule has 1 aromatic carbocycles. The van der Waals surface area contributed by atoms with Crippen LogP contribution in [0.2, 0.25) is 0 Å². The van der Waals surface area contributed by atoms with E-state index in [-0.39, 0.29) is 5.78 Å². The Morgan fingerprint density at radius 1 is 1.12 bits per heavy atom. The molecule has 0 heterocycles. The van der Waals surface area contributed by atoms with E-state index in [1.54, 1.807) is 51.1 Å². The zero-order chi connectivity index (χ0) is 19.7. The Morgan fingerprint density at radius 2 is 1.73 bits per heavy atom. The van der Waals surface area contributed by atoms with Crippen LogP contribution in [0.3, 0.4) is 0 Å². The standard InChI is InChI=1S/C20H29NO5/c1-6-7-13-15(21-19(24)26-20(2,3)4)16(18(23)25-5)17(22)14-11-9-8-10-12-14/h8-12,15-16H,6-7,13H2,1-5H3,(H,21,24)/t15-,16?/m1/s1. The van der Waals surface area contributed by atoms with Crippen molar-refractivity contribution in [3.8, 4) is 0 Å². The average Bonchev–Trinajstić information content (AvgIpc) is 2.58. The van der Waals surface area contributed by atoms with Crippen molar-refractivity contribution in [3.05, 3.63) is 35.9 Å². The predicted molar refractivity (Wildman–Crippen MR) is 99.0 cm³/mol. The largest absolute Gasteiger partial charge is 0.468 e. The monoisotopic (exact) mass is 363 g/mol. The second-order valence-corrected chi connectivity index (χ2v) is 7.13. The fourth-order valence-corrected chi connectivity index (χ4v) is 2.57. The molecule has 0 bridgehead atoms. The van der Waals surface area contributed by atoms with Gasteiger partial charge in [0.1, 0.15) is 11.5 Å². The van der Waals surface area contributed by atoms with Crippen LogP contribution in [0.5, 0.6) is 0 Å². The summed E-state index contributed by atoms with van der Waals surface area (Å²) in [5.41, 5.74) is -0.278. The Morgan fingerprint density at radius 3 is 2.23 bits per heavy atom. The number of rotatable bonds is 8. The van der Waals surface area contributed by atoms with Crippen molar-refractivity contribution < 1.29 is 23.9 Å². The summed E-state index contributed by atoms with van der Waals surface area (Å²) >= 11 is 0. The minimum absolute atomic E-state index is 0.380. The number of alkyl carbamates (subject to hydrolysis) is 1. The molecule has 26 heavy (non-hydrogen) atoms. The zero-order valence-corrected chi connectivity index (χ0v) is 16.2. The molecule has 0 saturated heterocycles. The molecule has 0 aliphatic heterocycles. The molecule has 1 N–H and O–H groups in total. The molecule has 0 saturated carbocycles. The van der Waals surface area contributed by atoms with Crippen molar-refractivity contribution >= 4 is 17.8 Å². The van der Waals surface area contributed by atoms with E-state index >= 15 is 0 Å². The Bertz CT molecular complexity index is 606. The van der Waals surface area contributed by atoms with Crippen LogP contribution in [-0.4, -0.2) is 36.6 Å². The number of Topliss-reactive ketones (excluding diaryl/α,β-unsaturated/α-hetero) is 1. The molecule has 1 amide bonds. The Balaban J connectivity index is 3.10. The number of carbonyl (C=O) groups is 3. The van der Waals surface area contributed by atoms with Crippen molar-refractivity contribution in [1.82, 2.24) is 5.32 Å². The molecule has 6 nitrogen and oxygen atoms in total. The fraction of sp³-hybridized carbons (Fsp3) is 0.550. The number of ether oxygens (including phenoxy) is 2. The molecular formula is C20H29NO5. The van der Waals surface area contributed by atoms with E-state index in [1.807, 2.05) is 6.92 Å². The number of ketones is 1. The Labute approximate surface area is 155 Å². The maximum atomic E-state index is 12.9. The van der Waals surface area contributed by atoms with Gasteiger partial charge in [0.25, 0.3) is 0 Å². The van der Waals surface area contributed by atoms with E-state index in [4.69, 9.17) is 9.47 Å². The topological polar surface area (TPSA) is 81.7 Å². The molecular weight excluding hydrogens is 334 g/mol. The van der Waals surface area contributed by atoms with Crippen LogP contribution in [0.15, 0.2) is 30.3 Å². The minimum Gasteiger partial charge on any atom is -0.468 e. The third kappa shape index (κ3) is 6.86. The molecule has 0 spiro atoms. The second-order valence-electron chi connectivity index (χ2n) is 7.13. The van der Waals surface area contributed by atoms with E-state index in [2.05, 4.69) is 5.32 Å². The van der Waals surface area contributed by atoms with Gasteiger partial charge in [-0.15, -0.1) is 0 Å². The molecule has 1 unspecified atom stereocenters. The summed E-state index contributed by atoms with van der Waals surface area (Å²) in [5, 5.41) is 2.69. The molecule has 6 heteroatoms. The van der Waals surface area contributed by atoms with Crippen LogP contribution < -0.4 is 5.32 Å². The van der Waals surface area contributed by atoms with Gasteiger partial charge in [-0.2, -0.15) is 0 Å². The van der Waals surface area contributed by atoms with Crippen molar-refractivity contribution in [3.63, 3.8) is 0 Å². The molecule has 0 aliphatic carbocycles. The van der Waals surface area contributed by atoms with Gasteiger partial charge in [-0.05, 0) is 27.2 Å². The molecule has 0 radical (unpaired) electrons. The van der Waals surface area contributed by atoms with Crippen LogP contribution >= 0.6 is 0 Å². The van der Waals surface area contributed by atoms with Crippen molar-refractivity contribution in [1.29, 1.82) is 0 Å². The lowest BCUT2D eigenvalue weighted by Crippen LogP contribution is -2.48. The number of unbranched alkanes of at least 4 members (excludes halogenated alkanes) is 1. The molecule has 1 rings (SSSR count). The van der Waals surface area contributed by atoms with Crippen LogP contribution in [0.25, 0.3) is 0 Å². The zero-order valence-electron chi connectivity index (χ0n) is 16.2. The maximum Gasteiger partial charge on any atom is 0.407 e. The smallest absolute Gasteiger partial charge is 0.407 e. The van der Waals surface area contributed by atoms with Gasteiger partial charge in [-0.1, -0.05) is 50.1 Å². The number of hydrogen-bond donors (Lipinski definition) is 1. The summed E-state index contributed by atoms with van der Waals surface area (Å²) in [6.07, 6.45) is 1.41. The first-order valence-corrected chi connectivity index (χ1v) is 8.86. The summed E-state index contributed by atoms with van der Waals surface area (Å²) < 4.78 is 10.1. The average molecular weight is 363 g/mol. The Hall–Kier alpha value is -2.37. The summed E-state index contributed by atoms with van der Waals surface area (Å²) in [4.78, 5) is 37.5. The SMILES string of the molecule is CCCC[C@@H](NC(=O)OC(C)(C)C)C(C(=O)OC)C(=O)c1ccccc1. The number of amides is 1. The van der Waals surface area contributed by atoms with Crippen LogP contribution in [0, 0.1) is 5.92 Å². The van der Waals surface area contributed by atoms with Crippen LogP contribution in [0.1, 0.15) is 57.3 Å². The lowest BCUT2D eigenvalue weighted by molar-refractivity contribution is -0.144. The van der Waals surface area contributed by atoms with Gasteiger partial charge in [0.15, 0.2) is 5.78 Å². The molecule has 0 aromatic heterocycles. The first-order chi connectivity index (χ1) is 12.2. The maximum absolute atomic E-state index is 12.9. The van der Waals surface area contributed by atoms with Crippen LogP contribution in [0.4, 0.5) is 4.79 Å². The highest BCUT2D eigenvalue weighted by molar-refractivity contribution is 6.09. The molecule has 0 fully saturated rings. The van der Waals surface area contributed by atoms with Gasteiger partial charge in [0.2, 0.25) is 0 Å². The number of carbonyl (C=O) groups excluding carboxylic acids is 3. The van der Waals surface area contributed by atoms with Gasteiger partial charge in [-0.25, -0.2) is 4.79 Å². The van der Waals surface area contributed by atoms with E-state index in [1.165, 1.54) is 7.11 Å². The van der Waals surface area contributed by atoms with E-state index in [9.17, 15) is 14.4 Å². The third-order valence-corrected chi connectivity index (χ3v) is 3.77. The number of hydrogen-bond acceptors (Lipinski definition) is 5. The van der Waals surface area contributed by atoms with Crippen molar-refractivity contribution in [2.75, 3.05) is 7.11 Å². The fourth-order valence-electron chi connectivity index (χ4n) is 2.57. The van der Waals surface area contributed by atoms with Crippen molar-refractivity contribution in [2.45, 2.75) is 58.6 Å². The van der Waals surface area contributed by atoms with E-state index < -0.39 is 29.6 Å². The summed E-state index contributed by atoms with van der Waals surface area (Å²) in [6, 6.07) is 7.82. The number of methoxy groups -OCH3 is 1. The van der Waals surface area contributed by atoms with Crippen molar-refractivity contribution in [2.24, 2.45) is 5.92 Å². The van der Waals surface area contributed by atoms with Gasteiger partial charge in [0, 0.05) is 5.56 Å². The molecule has 1 aromatic rings. The lowest BCUT2D eigenvalue weighted by atomic mass is 9.88. The van der Waals surface area contributed by atoms with E-state index in [0.29, 0.717) is 12.0 Å². The molecule has 0 aliphatic rings. The summed E-state index contributed by atoms with van der Waals surface area (Å²) in [7, 11) is 1.23. The van der Waals surface area contributed by atoms with E-state index in [0.717, 1.165) is 12.8 Å². The molecule has 2 atom stereocenters. The third-order valence-electron chi connectivity index (χ3n) is 3.77. The normalized spacial score (nSPS) is 13.4. The first-order valence-electron chi connectivity index (χ1n) is 8.86. The number of nitrogens with one attached hydrogen (secondary N) is 1. The minimum atomic E-state index is -1.12. The summed E-state index contributed by atoms with van der Waals surface area (Å²) in [5.74, 6) is -2.17. The quantitative estimate of drug-likeness (QED) is 0.432. The predicted octanol–water partition coefficient (Wildman–Crippen LogP) is 3.74. The highest BCUT2D eigenvalue weighted by Gasteiger charge is 2.37. The van der Waals surface area contributed by atoms with Gasteiger partial charge >= 0.3 is 12.1 Å². The van der Waals surface area contributed by atoms with Gasteiger partial charge in [-0.3, -0.25) is 9.59 Å². The second kappa shape index (κ2) is 9.94. The number of esters is 1.